The smallest absolute Gasteiger partial charge is 0.262 e. The summed E-state index contributed by atoms with van der Waals surface area (Å²) in [6.07, 6.45) is -0.505. The number of likely N-dealkylation sites (N-methyl/N-ethyl adjacent to an activating group) is 1. The Morgan fingerprint density at radius 3 is 2.48 bits per heavy atom. The van der Waals surface area contributed by atoms with Gasteiger partial charge in [-0.25, -0.2) is 0 Å². The van der Waals surface area contributed by atoms with Crippen molar-refractivity contribution in [2.75, 3.05) is 14.1 Å². The Bertz CT molecular complexity index is 496. The molecule has 1 aromatic rings. The van der Waals surface area contributed by atoms with Gasteiger partial charge in [0.1, 0.15) is 5.75 Å². The third kappa shape index (κ3) is 6.06. The molecule has 0 heterocycles. The summed E-state index contributed by atoms with van der Waals surface area (Å²) in [6.45, 7) is 8.94. The first-order chi connectivity index (χ1) is 9.60. The van der Waals surface area contributed by atoms with Gasteiger partial charge in [0.15, 0.2) is 6.10 Å². The molecule has 4 nitrogen and oxygen atoms in total. The van der Waals surface area contributed by atoms with Crippen LogP contribution in [-0.4, -0.2) is 36.5 Å². The fraction of sp³-hybridized carbons (Fsp3) is 0.562. The molecule has 118 valence electrons. The molecule has 0 bridgehead atoms. The second-order valence-corrected chi connectivity index (χ2v) is 7.22. The maximum atomic E-state index is 11.8. The lowest BCUT2D eigenvalue weighted by molar-refractivity contribution is -0.135. The number of hydrogen-bond donors (Lipinski definition) is 1. The number of halogens is 1. The van der Waals surface area contributed by atoms with Gasteiger partial charge in [-0.05, 0) is 61.3 Å². The third-order valence-corrected chi connectivity index (χ3v) is 3.53. The van der Waals surface area contributed by atoms with Crippen molar-refractivity contribution in [2.45, 2.75) is 45.9 Å². The molecule has 0 radical (unpaired) electrons. The van der Waals surface area contributed by atoms with Gasteiger partial charge < -0.3 is 15.0 Å². The zero-order chi connectivity index (χ0) is 16.2. The molecule has 1 atom stereocenters. The number of carbonyl (C=O) groups excluding carboxylic acids is 1. The highest BCUT2D eigenvalue weighted by Gasteiger charge is 2.18. The first kappa shape index (κ1) is 18.0. The Kier molecular flexibility index (Phi) is 6.23. The average molecular weight is 357 g/mol. The van der Waals surface area contributed by atoms with E-state index in [-0.39, 0.29) is 11.4 Å². The first-order valence-electron chi connectivity index (χ1n) is 7.01. The van der Waals surface area contributed by atoms with Gasteiger partial charge in [0.25, 0.3) is 5.91 Å². The zero-order valence-corrected chi connectivity index (χ0v) is 15.2. The van der Waals surface area contributed by atoms with E-state index < -0.39 is 6.10 Å². The second kappa shape index (κ2) is 7.27. The van der Waals surface area contributed by atoms with Crippen LogP contribution in [0.15, 0.2) is 22.7 Å². The number of carbonyl (C=O) groups is 1. The summed E-state index contributed by atoms with van der Waals surface area (Å²) in [7, 11) is 3.44. The molecule has 0 aliphatic carbocycles. The van der Waals surface area contributed by atoms with E-state index in [0.29, 0.717) is 5.75 Å². The number of hydrogen-bond acceptors (Lipinski definition) is 3. The number of benzene rings is 1. The van der Waals surface area contributed by atoms with E-state index in [0.717, 1.165) is 16.6 Å². The van der Waals surface area contributed by atoms with E-state index in [2.05, 4.69) is 42.0 Å². The molecular formula is C16H25BrN2O2. The highest BCUT2D eigenvalue weighted by Crippen LogP contribution is 2.27. The number of ether oxygens (including phenoxy) is 1. The average Bonchev–Trinajstić information content (AvgIpc) is 2.37. The Hall–Kier alpha value is -1.07. The highest BCUT2D eigenvalue weighted by molar-refractivity contribution is 9.10. The molecular weight excluding hydrogens is 332 g/mol. The first-order valence-corrected chi connectivity index (χ1v) is 7.81. The van der Waals surface area contributed by atoms with Crippen molar-refractivity contribution in [1.29, 1.82) is 0 Å². The fourth-order valence-electron chi connectivity index (χ4n) is 1.72. The number of amides is 1. The molecule has 0 saturated carbocycles. The number of rotatable bonds is 5. The van der Waals surface area contributed by atoms with Gasteiger partial charge in [-0.1, -0.05) is 6.07 Å². The largest absolute Gasteiger partial charge is 0.480 e. The monoisotopic (exact) mass is 356 g/mol. The Morgan fingerprint density at radius 2 is 2.00 bits per heavy atom. The third-order valence-electron chi connectivity index (χ3n) is 2.91. The summed E-state index contributed by atoms with van der Waals surface area (Å²) < 4.78 is 6.57. The molecule has 1 unspecified atom stereocenters. The maximum absolute atomic E-state index is 11.8. The van der Waals surface area contributed by atoms with E-state index in [9.17, 15) is 4.79 Å². The van der Waals surface area contributed by atoms with E-state index in [1.54, 1.807) is 21.0 Å². The van der Waals surface area contributed by atoms with Gasteiger partial charge in [0.2, 0.25) is 0 Å². The molecule has 0 aromatic heterocycles. The van der Waals surface area contributed by atoms with Crippen molar-refractivity contribution in [3.63, 3.8) is 0 Å². The minimum Gasteiger partial charge on any atom is -0.480 e. The molecule has 0 saturated heterocycles. The normalized spacial score (nSPS) is 12.9. The predicted molar refractivity (Wildman–Crippen MR) is 89.5 cm³/mol. The van der Waals surface area contributed by atoms with Gasteiger partial charge in [-0.15, -0.1) is 0 Å². The Labute approximate surface area is 136 Å². The predicted octanol–water partition coefficient (Wildman–Crippen LogP) is 3.19. The summed E-state index contributed by atoms with van der Waals surface area (Å²) in [6, 6.07) is 5.91. The summed E-state index contributed by atoms with van der Waals surface area (Å²) in [4.78, 5) is 13.3. The van der Waals surface area contributed by atoms with Crippen LogP contribution in [0.3, 0.4) is 0 Å². The van der Waals surface area contributed by atoms with Gasteiger partial charge in [-0.3, -0.25) is 4.79 Å². The van der Waals surface area contributed by atoms with Crippen LogP contribution >= 0.6 is 15.9 Å². The lowest BCUT2D eigenvalue weighted by Gasteiger charge is -2.21. The minimum atomic E-state index is -0.505. The second-order valence-electron chi connectivity index (χ2n) is 6.36. The van der Waals surface area contributed by atoms with E-state index in [1.807, 2.05) is 18.2 Å². The molecule has 0 aliphatic rings. The molecule has 21 heavy (non-hydrogen) atoms. The van der Waals surface area contributed by atoms with E-state index in [1.165, 1.54) is 4.90 Å². The molecule has 1 aromatic carbocycles. The molecule has 0 spiro atoms. The Balaban J connectivity index is 2.72. The van der Waals surface area contributed by atoms with Gasteiger partial charge in [-0.2, -0.15) is 0 Å². The van der Waals surface area contributed by atoms with E-state index in [4.69, 9.17) is 4.74 Å². The summed E-state index contributed by atoms with van der Waals surface area (Å²) in [5, 5.41) is 3.44. The van der Waals surface area contributed by atoms with E-state index >= 15 is 0 Å². The molecule has 0 fully saturated rings. The van der Waals surface area contributed by atoms with Crippen LogP contribution in [0.4, 0.5) is 0 Å². The zero-order valence-electron chi connectivity index (χ0n) is 13.7. The van der Waals surface area contributed by atoms with Crippen molar-refractivity contribution in [1.82, 2.24) is 10.2 Å². The number of nitrogens with one attached hydrogen (secondary N) is 1. The van der Waals surface area contributed by atoms with Crippen LogP contribution in [0.1, 0.15) is 33.3 Å². The van der Waals surface area contributed by atoms with Gasteiger partial charge in [0, 0.05) is 26.2 Å². The molecule has 5 heteroatoms. The molecule has 1 amide bonds. The lowest BCUT2D eigenvalue weighted by atomic mass is 10.1. The summed E-state index contributed by atoms with van der Waals surface area (Å²) in [5.74, 6) is 0.623. The topological polar surface area (TPSA) is 41.6 Å². The quantitative estimate of drug-likeness (QED) is 0.880. The standard InChI is InChI=1S/C16H25BrN2O2/c1-11(15(20)19(5)6)21-14-8-7-12(9-13(14)17)10-18-16(2,3)4/h7-9,11,18H,10H2,1-6H3. The van der Waals surface area contributed by atoms with Crippen molar-refractivity contribution in [2.24, 2.45) is 0 Å². The van der Waals surface area contributed by atoms with Crippen LogP contribution in [0.5, 0.6) is 5.75 Å². The SMILES string of the molecule is CC(Oc1ccc(CNC(C)(C)C)cc1Br)C(=O)N(C)C. The van der Waals surface area contributed by atoms with Crippen LogP contribution < -0.4 is 10.1 Å². The lowest BCUT2D eigenvalue weighted by Crippen LogP contribution is -2.35. The van der Waals surface area contributed by atoms with Crippen molar-refractivity contribution in [3.8, 4) is 5.75 Å². The van der Waals surface area contributed by atoms with Crippen LogP contribution in [0.2, 0.25) is 0 Å². The van der Waals surface area contributed by atoms with Crippen LogP contribution in [0, 0.1) is 0 Å². The fourth-order valence-corrected chi connectivity index (χ4v) is 2.24. The van der Waals surface area contributed by atoms with Crippen molar-refractivity contribution in [3.05, 3.63) is 28.2 Å². The van der Waals surface area contributed by atoms with Crippen molar-refractivity contribution >= 4 is 21.8 Å². The molecule has 0 aliphatic heterocycles. The minimum absolute atomic E-state index is 0.0552. The Morgan fingerprint density at radius 1 is 1.38 bits per heavy atom. The van der Waals surface area contributed by atoms with Gasteiger partial charge in [0.05, 0.1) is 4.47 Å². The summed E-state index contributed by atoms with van der Waals surface area (Å²) in [5.41, 5.74) is 1.24. The van der Waals surface area contributed by atoms with Crippen LogP contribution in [-0.2, 0) is 11.3 Å². The molecule has 1 N–H and O–H groups in total. The molecule has 1 rings (SSSR count). The number of nitrogens with zero attached hydrogens (tertiary/aromatic N) is 1. The van der Waals surface area contributed by atoms with Crippen LogP contribution in [0.25, 0.3) is 0 Å². The highest BCUT2D eigenvalue weighted by atomic mass is 79.9. The summed E-state index contributed by atoms with van der Waals surface area (Å²) >= 11 is 3.50. The maximum Gasteiger partial charge on any atom is 0.262 e. The van der Waals surface area contributed by atoms with Crippen molar-refractivity contribution < 1.29 is 9.53 Å². The van der Waals surface area contributed by atoms with Gasteiger partial charge >= 0.3 is 0 Å².